The molecule has 2 aromatic carbocycles. The molecule has 0 amide bonds. The van der Waals surface area contributed by atoms with Gasteiger partial charge in [0.1, 0.15) is 0 Å². The number of non-ortho nitro benzene ring substituents is 2. The van der Waals surface area contributed by atoms with Gasteiger partial charge in [0.2, 0.25) is 23.1 Å². The largest absolute Gasteiger partial charge is 0.313 e. The first-order valence-electron chi connectivity index (χ1n) is 8.37. The van der Waals surface area contributed by atoms with Crippen LogP contribution in [0.5, 0.6) is 0 Å². The molecule has 0 aliphatic carbocycles. The van der Waals surface area contributed by atoms with Gasteiger partial charge < -0.3 is 9.59 Å². The molecule has 0 fully saturated rings. The number of rotatable bonds is 8. The van der Waals surface area contributed by atoms with E-state index in [4.69, 9.17) is 9.59 Å². The molecule has 160 valence electrons. The average molecular weight is 464 g/mol. The van der Waals surface area contributed by atoms with Crippen LogP contribution in [0.2, 0.25) is 0 Å². The topological polar surface area (TPSA) is 172 Å². The maximum atomic E-state index is 10.3. The van der Waals surface area contributed by atoms with Crippen LogP contribution in [-0.2, 0) is 21.7 Å². The van der Waals surface area contributed by atoms with E-state index in [0.717, 1.165) is 0 Å². The van der Waals surface area contributed by atoms with Crippen molar-refractivity contribution in [3.63, 3.8) is 0 Å². The van der Waals surface area contributed by atoms with Gasteiger partial charge >= 0.3 is 0 Å². The van der Waals surface area contributed by atoms with Crippen LogP contribution in [0.1, 0.15) is 25.0 Å². The molecule has 31 heavy (non-hydrogen) atoms. The molecule has 10 nitrogen and oxygen atoms in total. The van der Waals surface area contributed by atoms with E-state index in [1.807, 2.05) is 0 Å². The van der Waals surface area contributed by atoms with Crippen LogP contribution in [0.4, 0.5) is 11.4 Å². The molecule has 0 aromatic heterocycles. The van der Waals surface area contributed by atoms with E-state index in [9.17, 15) is 29.8 Å². The number of hydrogen-bond donors (Lipinski definition) is 0. The minimum atomic E-state index is -0.520. The zero-order valence-corrected chi connectivity index (χ0v) is 18.2. The van der Waals surface area contributed by atoms with Gasteiger partial charge in [-0.2, -0.15) is 0 Å². The summed E-state index contributed by atoms with van der Waals surface area (Å²) in [6.45, 7) is 2.84. The van der Waals surface area contributed by atoms with Crippen LogP contribution in [0.15, 0.2) is 48.5 Å². The van der Waals surface area contributed by atoms with Gasteiger partial charge in [0.25, 0.3) is 11.4 Å². The van der Waals surface area contributed by atoms with Gasteiger partial charge in [0.15, 0.2) is 0 Å². The average Bonchev–Trinajstić information content (AvgIpc) is 2.67. The Bertz CT molecular complexity index is 904. The fraction of sp³-hybridized carbons (Fsp3) is 0.100. The molecule has 2 rings (SSSR count). The molecule has 0 atom stereocenters. The van der Waals surface area contributed by atoms with Crippen molar-refractivity contribution >= 4 is 34.5 Å². The summed E-state index contributed by atoms with van der Waals surface area (Å²) in [5.74, 6) is -0.341. The van der Waals surface area contributed by atoms with Crippen molar-refractivity contribution in [2.75, 3.05) is 0 Å². The Hall–Kier alpha value is -3.63. The predicted octanol–water partition coefficient (Wildman–Crippen LogP) is 2.51. The van der Waals surface area contributed by atoms with Crippen molar-refractivity contribution < 1.29 is 50.7 Å². The summed E-state index contributed by atoms with van der Waals surface area (Å²) < 4.78 is 0. The van der Waals surface area contributed by atoms with Crippen molar-refractivity contribution in [1.29, 1.82) is 0 Å². The summed E-state index contributed by atoms with van der Waals surface area (Å²) in [6, 6.07) is 10.8. The van der Waals surface area contributed by atoms with Crippen LogP contribution in [0.3, 0.4) is 0 Å². The second-order valence-electron chi connectivity index (χ2n) is 5.95. The molecule has 2 aromatic rings. The number of benzene rings is 2. The molecule has 0 spiro atoms. The van der Waals surface area contributed by atoms with Crippen molar-refractivity contribution in [2.45, 2.75) is 13.8 Å². The standard InChI is InChI=1S/2C10H8NO4.Ti/c2*1-7(12)6-10(13)8-2-4-9(5-3-8)11(14)15;/h2*2-6H,1H3;/q2*-1;/p+4. The molecule has 0 aliphatic rings. The first kappa shape index (κ1) is 27.4. The van der Waals surface area contributed by atoms with Crippen LogP contribution in [-0.4, -0.2) is 52.2 Å². The van der Waals surface area contributed by atoms with E-state index in [1.165, 1.54) is 75.2 Å². The number of nitrogens with zero attached hydrogens (tertiary/aromatic N) is 2. The monoisotopic (exact) mass is 464 g/mol. The summed E-state index contributed by atoms with van der Waals surface area (Å²) in [4.78, 5) is 56.3. The smallest absolute Gasteiger partial charge is 0.266 e. The second kappa shape index (κ2) is 12.8. The van der Waals surface area contributed by atoms with E-state index in [1.54, 1.807) is 0 Å². The Morgan fingerprint density at radius 2 is 0.935 bits per heavy atom. The SMILES string of the molecule is CC(=[OH+])[CH-]C(=[OH+])c1ccc([N+](=O)[O-])cc1.CC(=[OH+])[CH-]C(=[OH+])c1ccc([N+](=O)[O-])cc1.[Ti]. The molecule has 0 heterocycles. The van der Waals surface area contributed by atoms with Gasteiger partial charge in [-0.3, -0.25) is 29.8 Å². The molecule has 0 unspecified atom stereocenters. The number of hydrogen-bond acceptors (Lipinski definition) is 4. The normalized spacial score (nSPS) is 9.10. The molecule has 0 radical (unpaired) electrons. The van der Waals surface area contributed by atoms with Gasteiger partial charge in [0, 0.05) is 35.6 Å². The van der Waals surface area contributed by atoms with Crippen molar-refractivity contribution in [1.82, 2.24) is 0 Å². The fourth-order valence-corrected chi connectivity index (χ4v) is 2.07. The van der Waals surface area contributed by atoms with Crippen LogP contribution in [0.25, 0.3) is 0 Å². The quantitative estimate of drug-likeness (QED) is 0.111. The van der Waals surface area contributed by atoms with Gasteiger partial charge in [-0.25, -0.2) is 0 Å². The Morgan fingerprint density at radius 1 is 0.677 bits per heavy atom. The summed E-state index contributed by atoms with van der Waals surface area (Å²) in [5.41, 5.74) is 0.732. The molecular weight excluding hydrogens is 444 g/mol. The fourth-order valence-electron chi connectivity index (χ4n) is 2.07. The maximum absolute atomic E-state index is 10.3. The van der Waals surface area contributed by atoms with Crippen LogP contribution in [0, 0.1) is 33.1 Å². The minimum absolute atomic E-state index is 0. The minimum Gasteiger partial charge on any atom is -0.313 e. The molecule has 0 aliphatic heterocycles. The number of ketones is 4. The van der Waals surface area contributed by atoms with Crippen LogP contribution >= 0.6 is 0 Å². The van der Waals surface area contributed by atoms with E-state index >= 15 is 0 Å². The Morgan fingerprint density at radius 3 is 1.13 bits per heavy atom. The molecule has 0 bridgehead atoms. The first-order chi connectivity index (χ1) is 14.0. The maximum Gasteiger partial charge on any atom is 0.266 e. The third-order valence-corrected chi connectivity index (χ3v) is 3.44. The number of nitro groups is 2. The third kappa shape index (κ3) is 9.61. The molecular formula is C20H20N2O8Ti+2. The zero-order chi connectivity index (χ0) is 22.8. The van der Waals surface area contributed by atoms with Gasteiger partial charge in [-0.15, -0.1) is 24.3 Å². The van der Waals surface area contributed by atoms with Crippen molar-refractivity contribution in [3.8, 4) is 0 Å². The van der Waals surface area contributed by atoms with E-state index in [0.29, 0.717) is 11.1 Å². The Balaban J connectivity index is 0.000000562. The number of carbonyl (C=O) groups excluding carboxylic acids is 4. The summed E-state index contributed by atoms with van der Waals surface area (Å²) in [6.07, 6.45) is 2.34. The van der Waals surface area contributed by atoms with Crippen molar-refractivity contribution in [2.24, 2.45) is 0 Å². The summed E-state index contributed by atoms with van der Waals surface area (Å²) >= 11 is 0. The molecule has 0 saturated carbocycles. The zero-order valence-electron chi connectivity index (χ0n) is 16.6. The Labute approximate surface area is 191 Å². The van der Waals surface area contributed by atoms with Gasteiger partial charge in [-0.05, 0) is 37.1 Å². The Kier molecular flexibility index (Phi) is 11.3. The molecule has 11 heteroatoms. The van der Waals surface area contributed by atoms with E-state index in [-0.39, 0.29) is 56.2 Å². The van der Waals surface area contributed by atoms with Crippen molar-refractivity contribution in [3.05, 3.63) is 92.7 Å². The van der Waals surface area contributed by atoms with Crippen LogP contribution < -0.4 is 0 Å². The van der Waals surface area contributed by atoms with E-state index < -0.39 is 9.85 Å². The summed E-state index contributed by atoms with van der Waals surface area (Å²) in [7, 11) is 0. The van der Waals surface area contributed by atoms with Gasteiger partial charge in [0.05, 0.1) is 9.85 Å². The second-order valence-corrected chi connectivity index (χ2v) is 5.95. The van der Waals surface area contributed by atoms with E-state index in [2.05, 4.69) is 0 Å². The molecule has 0 saturated heterocycles. The summed E-state index contributed by atoms with van der Waals surface area (Å²) in [5, 5.41) is 20.7. The van der Waals surface area contributed by atoms with Gasteiger partial charge in [-0.1, -0.05) is 11.1 Å². The predicted molar refractivity (Wildman–Crippen MR) is 112 cm³/mol. The number of nitro benzene ring substituents is 2. The third-order valence-electron chi connectivity index (χ3n) is 3.44. The molecule has 4 N–H and O–H groups in total. The first-order valence-corrected chi connectivity index (χ1v) is 8.37.